The maximum atomic E-state index is 13.1. The second-order valence-electron chi connectivity index (χ2n) is 6.97. The number of benzene rings is 1. The van der Waals surface area contributed by atoms with Crippen molar-refractivity contribution < 1.29 is 19.6 Å². The van der Waals surface area contributed by atoms with Crippen LogP contribution in [0.2, 0.25) is 0 Å². The third kappa shape index (κ3) is 6.23. The van der Waals surface area contributed by atoms with Crippen molar-refractivity contribution in [1.29, 1.82) is 0 Å². The monoisotopic (exact) mass is 390 g/mol. The Hall–Kier alpha value is -2.61. The lowest BCUT2D eigenvalue weighted by Crippen LogP contribution is -2.53. The Bertz CT molecular complexity index is 653. The van der Waals surface area contributed by atoms with Gasteiger partial charge < -0.3 is 15.1 Å². The molecule has 28 heavy (non-hydrogen) atoms. The minimum atomic E-state index is -0.662. The second kappa shape index (κ2) is 11.3. The molecule has 1 aromatic rings. The summed E-state index contributed by atoms with van der Waals surface area (Å²) in [5.74, 6) is -0.807. The number of carbonyl (C=O) groups excluding carboxylic acids is 3. The molecule has 1 unspecified atom stereocenters. The lowest BCUT2D eigenvalue weighted by Gasteiger charge is -2.31. The van der Waals surface area contributed by atoms with Crippen LogP contribution in [-0.4, -0.2) is 65.1 Å². The van der Waals surface area contributed by atoms with E-state index in [1.807, 2.05) is 37.3 Å². The van der Waals surface area contributed by atoms with Crippen molar-refractivity contribution in [2.24, 2.45) is 0 Å². The minimum Gasteiger partial charge on any atom is -0.354 e. The average molecular weight is 390 g/mol. The lowest BCUT2D eigenvalue weighted by atomic mass is 10.1. The quantitative estimate of drug-likeness (QED) is 0.338. The molecule has 3 N–H and O–H groups in total. The number of rotatable bonds is 9. The molecule has 0 radical (unpaired) electrons. The van der Waals surface area contributed by atoms with E-state index in [0.717, 1.165) is 24.8 Å². The van der Waals surface area contributed by atoms with Gasteiger partial charge in [-0.2, -0.15) is 0 Å². The zero-order valence-electron chi connectivity index (χ0n) is 16.4. The highest BCUT2D eigenvalue weighted by Gasteiger charge is 2.36. The van der Waals surface area contributed by atoms with Crippen LogP contribution in [0.1, 0.15) is 38.2 Å². The van der Waals surface area contributed by atoms with Gasteiger partial charge in [0, 0.05) is 19.6 Å². The minimum absolute atomic E-state index is 0.145. The van der Waals surface area contributed by atoms with Gasteiger partial charge in [0.1, 0.15) is 12.6 Å². The van der Waals surface area contributed by atoms with Crippen LogP contribution in [0, 0.1) is 0 Å². The standard InChI is InChI=1S/C20H30N4O4/c1-2-3-12-21-19(26)17-10-7-13-24(17)20(27)23(15-18(25)22-28)14-11-16-8-5-4-6-9-16/h4-6,8-9,17,28H,2-3,7,10-15H2,1H3,(H,21,26)(H,22,25). The topological polar surface area (TPSA) is 102 Å². The molecule has 1 atom stereocenters. The van der Waals surface area contributed by atoms with Crippen LogP contribution < -0.4 is 10.8 Å². The Morgan fingerprint density at radius 2 is 2.00 bits per heavy atom. The van der Waals surface area contributed by atoms with Gasteiger partial charge in [0.05, 0.1) is 0 Å². The summed E-state index contributed by atoms with van der Waals surface area (Å²) in [6, 6.07) is 8.78. The Morgan fingerprint density at radius 3 is 2.68 bits per heavy atom. The predicted octanol–water partition coefficient (Wildman–Crippen LogP) is 1.54. The van der Waals surface area contributed by atoms with Crippen LogP contribution in [0.15, 0.2) is 30.3 Å². The highest BCUT2D eigenvalue weighted by Crippen LogP contribution is 2.20. The van der Waals surface area contributed by atoms with Crippen molar-refractivity contribution in [3.63, 3.8) is 0 Å². The normalized spacial score (nSPS) is 15.9. The first-order chi connectivity index (χ1) is 13.6. The van der Waals surface area contributed by atoms with Gasteiger partial charge in [-0.05, 0) is 31.2 Å². The zero-order valence-corrected chi connectivity index (χ0v) is 16.4. The van der Waals surface area contributed by atoms with E-state index in [9.17, 15) is 14.4 Å². The van der Waals surface area contributed by atoms with E-state index >= 15 is 0 Å². The van der Waals surface area contributed by atoms with Gasteiger partial charge in [0.2, 0.25) is 5.91 Å². The van der Waals surface area contributed by atoms with E-state index in [1.165, 1.54) is 9.80 Å². The molecule has 8 nitrogen and oxygen atoms in total. The van der Waals surface area contributed by atoms with Gasteiger partial charge in [0.15, 0.2) is 0 Å². The van der Waals surface area contributed by atoms with Crippen LogP contribution in [-0.2, 0) is 16.0 Å². The molecular formula is C20H30N4O4. The van der Waals surface area contributed by atoms with Gasteiger partial charge >= 0.3 is 6.03 Å². The van der Waals surface area contributed by atoms with Crippen LogP contribution in [0.25, 0.3) is 0 Å². The number of carbonyl (C=O) groups is 3. The molecule has 0 aromatic heterocycles. The number of hydrogen-bond donors (Lipinski definition) is 3. The smallest absolute Gasteiger partial charge is 0.321 e. The number of hydrogen-bond acceptors (Lipinski definition) is 4. The summed E-state index contributed by atoms with van der Waals surface area (Å²) >= 11 is 0. The Morgan fingerprint density at radius 1 is 1.25 bits per heavy atom. The molecule has 2 rings (SSSR count). The maximum Gasteiger partial charge on any atom is 0.321 e. The molecule has 1 heterocycles. The Kier molecular flexibility index (Phi) is 8.74. The van der Waals surface area contributed by atoms with E-state index in [-0.39, 0.29) is 18.5 Å². The van der Waals surface area contributed by atoms with Gasteiger partial charge in [-0.15, -0.1) is 0 Å². The van der Waals surface area contributed by atoms with Crippen molar-refractivity contribution in [1.82, 2.24) is 20.6 Å². The third-order valence-corrected chi connectivity index (χ3v) is 4.87. The fourth-order valence-electron chi connectivity index (χ4n) is 3.32. The molecular weight excluding hydrogens is 360 g/mol. The number of unbranched alkanes of at least 4 members (excludes halogenated alkanes) is 1. The summed E-state index contributed by atoms with van der Waals surface area (Å²) in [7, 11) is 0. The summed E-state index contributed by atoms with van der Waals surface area (Å²) in [5.41, 5.74) is 2.62. The second-order valence-corrected chi connectivity index (χ2v) is 6.97. The van der Waals surface area contributed by atoms with Crippen molar-refractivity contribution >= 4 is 17.8 Å². The predicted molar refractivity (Wildman–Crippen MR) is 105 cm³/mol. The largest absolute Gasteiger partial charge is 0.354 e. The van der Waals surface area contributed by atoms with Crippen LogP contribution >= 0.6 is 0 Å². The summed E-state index contributed by atoms with van der Waals surface area (Å²) < 4.78 is 0. The van der Waals surface area contributed by atoms with Crippen LogP contribution in [0.5, 0.6) is 0 Å². The van der Waals surface area contributed by atoms with E-state index in [0.29, 0.717) is 32.5 Å². The maximum absolute atomic E-state index is 13.1. The molecule has 0 bridgehead atoms. The molecule has 1 aromatic carbocycles. The summed E-state index contributed by atoms with van der Waals surface area (Å²) in [5, 5.41) is 11.7. The number of likely N-dealkylation sites (tertiary alicyclic amines) is 1. The molecule has 0 aliphatic carbocycles. The first-order valence-electron chi connectivity index (χ1n) is 9.87. The number of nitrogens with one attached hydrogen (secondary N) is 2. The number of hydroxylamine groups is 1. The van der Waals surface area contributed by atoms with Crippen molar-refractivity contribution in [3.8, 4) is 0 Å². The number of amides is 4. The van der Waals surface area contributed by atoms with E-state index in [1.54, 1.807) is 5.48 Å². The third-order valence-electron chi connectivity index (χ3n) is 4.87. The molecule has 1 fully saturated rings. The van der Waals surface area contributed by atoms with Gasteiger partial charge in [-0.1, -0.05) is 43.7 Å². The molecule has 4 amide bonds. The summed E-state index contributed by atoms with van der Waals surface area (Å²) in [6.45, 7) is 3.18. The summed E-state index contributed by atoms with van der Waals surface area (Å²) in [4.78, 5) is 40.2. The first-order valence-corrected chi connectivity index (χ1v) is 9.87. The fraction of sp³-hybridized carbons (Fsp3) is 0.550. The molecule has 0 spiro atoms. The van der Waals surface area contributed by atoms with E-state index in [2.05, 4.69) is 5.32 Å². The van der Waals surface area contributed by atoms with Gasteiger partial charge in [0.25, 0.3) is 5.91 Å². The molecule has 0 saturated carbocycles. The Balaban J connectivity index is 2.04. The van der Waals surface area contributed by atoms with E-state index in [4.69, 9.17) is 5.21 Å². The van der Waals surface area contributed by atoms with Crippen molar-refractivity contribution in [2.75, 3.05) is 26.2 Å². The van der Waals surface area contributed by atoms with Gasteiger partial charge in [-0.3, -0.25) is 14.8 Å². The fourth-order valence-corrected chi connectivity index (χ4v) is 3.32. The van der Waals surface area contributed by atoms with E-state index < -0.39 is 11.9 Å². The van der Waals surface area contributed by atoms with Crippen molar-refractivity contribution in [3.05, 3.63) is 35.9 Å². The van der Waals surface area contributed by atoms with Gasteiger partial charge in [-0.25, -0.2) is 10.3 Å². The lowest BCUT2D eigenvalue weighted by molar-refractivity contribution is -0.129. The molecule has 1 aliphatic rings. The number of urea groups is 1. The molecule has 8 heteroatoms. The molecule has 1 aliphatic heterocycles. The Labute approximate surface area is 165 Å². The van der Waals surface area contributed by atoms with Crippen molar-refractivity contribution in [2.45, 2.75) is 45.1 Å². The highest BCUT2D eigenvalue weighted by atomic mass is 16.5. The number of nitrogens with zero attached hydrogens (tertiary/aromatic N) is 2. The highest BCUT2D eigenvalue weighted by molar-refractivity contribution is 5.89. The zero-order chi connectivity index (χ0) is 20.4. The van der Waals surface area contributed by atoms with Crippen LogP contribution in [0.4, 0.5) is 4.79 Å². The molecule has 154 valence electrons. The SMILES string of the molecule is CCCCNC(=O)C1CCCN1C(=O)N(CCc1ccccc1)CC(=O)NO. The summed E-state index contributed by atoms with van der Waals surface area (Å²) in [6.07, 6.45) is 3.81. The average Bonchev–Trinajstić information content (AvgIpc) is 3.21. The first kappa shape index (κ1) is 21.7. The van der Waals surface area contributed by atoms with Crippen LogP contribution in [0.3, 0.4) is 0 Å². The molecule has 1 saturated heterocycles.